The van der Waals surface area contributed by atoms with Gasteiger partial charge in [0.2, 0.25) is 5.91 Å². The normalized spacial score (nSPS) is 10.6. The van der Waals surface area contributed by atoms with Gasteiger partial charge in [-0.05, 0) is 30.5 Å². The Kier molecular flexibility index (Phi) is 4.92. The molecule has 2 heterocycles. The van der Waals surface area contributed by atoms with Crippen LogP contribution in [0, 0.1) is 6.92 Å². The fourth-order valence-corrected chi connectivity index (χ4v) is 3.99. The first-order valence-corrected chi connectivity index (χ1v) is 9.44. The summed E-state index contributed by atoms with van der Waals surface area (Å²) in [5.41, 5.74) is 2.14. The average Bonchev–Trinajstić information content (AvgIpc) is 3.17. The molecule has 0 unspecified atom stereocenters. The van der Waals surface area contributed by atoms with Crippen molar-refractivity contribution in [2.45, 2.75) is 11.8 Å². The molecule has 1 aromatic carbocycles. The maximum Gasteiger partial charge on any atom is 0.236 e. The molecule has 1 N–H and O–H groups in total. The first-order valence-electron chi connectivity index (χ1n) is 6.69. The number of hydrogen-bond donors (Lipinski definition) is 1. The molecular weight excluding hydrogens is 332 g/mol. The van der Waals surface area contributed by atoms with E-state index in [2.05, 4.69) is 17.2 Å². The number of anilines is 1. The topological polar surface area (TPSA) is 42.0 Å². The maximum atomic E-state index is 12.0. The van der Waals surface area contributed by atoms with Crippen LogP contribution in [-0.2, 0) is 4.79 Å². The smallest absolute Gasteiger partial charge is 0.236 e. The van der Waals surface area contributed by atoms with Crippen molar-refractivity contribution in [3.8, 4) is 10.6 Å². The second kappa shape index (κ2) is 7.09. The summed E-state index contributed by atoms with van der Waals surface area (Å²) < 4.78 is 0. The van der Waals surface area contributed by atoms with Gasteiger partial charge >= 0.3 is 0 Å². The molecule has 3 aromatic rings. The lowest BCUT2D eigenvalue weighted by Gasteiger charge is -2.02. The number of carbonyl (C=O) groups is 1. The van der Waals surface area contributed by atoms with Gasteiger partial charge in [0.05, 0.1) is 16.3 Å². The lowest BCUT2D eigenvalue weighted by Crippen LogP contribution is -2.13. The van der Waals surface area contributed by atoms with Crippen molar-refractivity contribution in [2.75, 3.05) is 11.1 Å². The van der Waals surface area contributed by atoms with Gasteiger partial charge in [0.25, 0.3) is 0 Å². The Balaban J connectivity index is 1.54. The van der Waals surface area contributed by atoms with E-state index in [1.54, 1.807) is 11.3 Å². The number of nitrogens with one attached hydrogen (secondary N) is 1. The molecule has 0 aliphatic carbocycles. The molecule has 0 bridgehead atoms. The third-order valence-electron chi connectivity index (χ3n) is 2.92. The number of thiophene rings is 1. The molecule has 0 radical (unpaired) electrons. The van der Waals surface area contributed by atoms with E-state index in [1.807, 2.05) is 47.2 Å². The largest absolute Gasteiger partial charge is 0.301 e. The van der Waals surface area contributed by atoms with Crippen molar-refractivity contribution >= 4 is 45.5 Å². The van der Waals surface area contributed by atoms with E-state index in [0.717, 1.165) is 15.5 Å². The van der Waals surface area contributed by atoms with E-state index in [9.17, 15) is 4.79 Å². The maximum absolute atomic E-state index is 12.0. The molecule has 3 nitrogen and oxygen atoms in total. The van der Waals surface area contributed by atoms with Crippen molar-refractivity contribution in [1.82, 2.24) is 4.98 Å². The summed E-state index contributed by atoms with van der Waals surface area (Å²) in [5.74, 6) is 0.356. The molecule has 112 valence electrons. The molecule has 6 heteroatoms. The number of aromatic nitrogens is 1. The second-order valence-electron chi connectivity index (χ2n) is 4.67. The highest BCUT2D eigenvalue weighted by molar-refractivity contribution is 8.00. The summed E-state index contributed by atoms with van der Waals surface area (Å²) in [6, 6.07) is 12.2. The van der Waals surface area contributed by atoms with Crippen LogP contribution in [0.15, 0.2) is 52.1 Å². The fraction of sp³-hybridized carbons (Fsp3) is 0.125. The van der Waals surface area contributed by atoms with Crippen LogP contribution in [0.2, 0.25) is 0 Å². The quantitative estimate of drug-likeness (QED) is 0.667. The van der Waals surface area contributed by atoms with Crippen LogP contribution in [0.3, 0.4) is 0 Å². The van der Waals surface area contributed by atoms with Crippen molar-refractivity contribution in [3.63, 3.8) is 0 Å². The Morgan fingerprint density at radius 1 is 1.23 bits per heavy atom. The van der Waals surface area contributed by atoms with Gasteiger partial charge in [-0.2, -0.15) is 0 Å². The van der Waals surface area contributed by atoms with Crippen LogP contribution in [-0.4, -0.2) is 16.6 Å². The molecule has 1 amide bonds. The van der Waals surface area contributed by atoms with Crippen LogP contribution in [0.4, 0.5) is 5.13 Å². The fourth-order valence-electron chi connectivity index (χ4n) is 1.81. The molecule has 0 aliphatic rings. The monoisotopic (exact) mass is 346 g/mol. The average molecular weight is 347 g/mol. The Labute approximate surface area is 141 Å². The highest BCUT2D eigenvalue weighted by Gasteiger charge is 2.09. The summed E-state index contributed by atoms with van der Waals surface area (Å²) in [5, 5.41) is 7.49. The molecule has 22 heavy (non-hydrogen) atoms. The third kappa shape index (κ3) is 3.97. The molecular formula is C16H14N2OS3. The molecule has 0 saturated heterocycles. The Morgan fingerprint density at radius 3 is 2.77 bits per heavy atom. The number of rotatable bonds is 5. The summed E-state index contributed by atoms with van der Waals surface area (Å²) in [6.45, 7) is 2.05. The van der Waals surface area contributed by atoms with Gasteiger partial charge in [-0.1, -0.05) is 23.8 Å². The standard InChI is InChI=1S/C16H14N2OS3/c1-11-4-6-12(7-5-11)21-10-15(19)18-16-17-13(9-22-16)14-3-2-8-20-14/h2-9H,10H2,1H3,(H,17,18,19). The van der Waals surface area contributed by atoms with Crippen molar-refractivity contribution < 1.29 is 4.79 Å². The summed E-state index contributed by atoms with van der Waals surface area (Å²) in [4.78, 5) is 18.6. The number of hydrogen-bond acceptors (Lipinski definition) is 5. The van der Waals surface area contributed by atoms with Crippen molar-refractivity contribution in [1.29, 1.82) is 0 Å². The molecule has 0 saturated carbocycles. The van der Waals surface area contributed by atoms with Gasteiger partial charge < -0.3 is 5.32 Å². The van der Waals surface area contributed by atoms with Gasteiger partial charge in [-0.3, -0.25) is 4.79 Å². The van der Waals surface area contributed by atoms with E-state index in [-0.39, 0.29) is 5.91 Å². The lowest BCUT2D eigenvalue weighted by atomic mass is 10.2. The van der Waals surface area contributed by atoms with E-state index in [0.29, 0.717) is 10.9 Å². The van der Waals surface area contributed by atoms with Crippen LogP contribution in [0.25, 0.3) is 10.6 Å². The summed E-state index contributed by atoms with van der Waals surface area (Å²) in [6.07, 6.45) is 0. The third-order valence-corrected chi connectivity index (χ3v) is 5.58. The Morgan fingerprint density at radius 2 is 2.05 bits per heavy atom. The molecule has 0 fully saturated rings. The van der Waals surface area contributed by atoms with Crippen LogP contribution in [0.5, 0.6) is 0 Å². The molecule has 0 atom stereocenters. The SMILES string of the molecule is Cc1ccc(SCC(=O)Nc2nc(-c3cccs3)cs2)cc1. The predicted molar refractivity (Wildman–Crippen MR) is 96.0 cm³/mol. The van der Waals surface area contributed by atoms with E-state index in [4.69, 9.17) is 0 Å². The van der Waals surface area contributed by atoms with E-state index < -0.39 is 0 Å². The zero-order valence-electron chi connectivity index (χ0n) is 11.9. The summed E-state index contributed by atoms with van der Waals surface area (Å²) in [7, 11) is 0. The molecule has 0 spiro atoms. The van der Waals surface area contributed by atoms with Crippen molar-refractivity contribution in [2.24, 2.45) is 0 Å². The van der Waals surface area contributed by atoms with Gasteiger partial charge in [0.1, 0.15) is 0 Å². The minimum atomic E-state index is -0.0299. The zero-order valence-corrected chi connectivity index (χ0v) is 14.4. The van der Waals surface area contributed by atoms with Gasteiger partial charge in [-0.25, -0.2) is 4.98 Å². The van der Waals surface area contributed by atoms with Crippen LogP contribution in [0.1, 0.15) is 5.56 Å². The summed E-state index contributed by atoms with van der Waals surface area (Å²) >= 11 is 4.63. The number of carbonyl (C=O) groups excluding carboxylic acids is 1. The van der Waals surface area contributed by atoms with E-state index in [1.165, 1.54) is 28.7 Å². The Hall–Kier alpha value is -1.63. The minimum Gasteiger partial charge on any atom is -0.301 e. The molecule has 0 aliphatic heterocycles. The van der Waals surface area contributed by atoms with Gasteiger partial charge in [0, 0.05) is 10.3 Å². The molecule has 2 aromatic heterocycles. The number of nitrogens with zero attached hydrogens (tertiary/aromatic N) is 1. The number of amides is 1. The minimum absolute atomic E-state index is 0.0299. The second-order valence-corrected chi connectivity index (χ2v) is 7.52. The lowest BCUT2D eigenvalue weighted by molar-refractivity contribution is -0.113. The van der Waals surface area contributed by atoms with Crippen LogP contribution >= 0.6 is 34.4 Å². The van der Waals surface area contributed by atoms with Gasteiger partial charge in [-0.15, -0.1) is 34.4 Å². The van der Waals surface area contributed by atoms with E-state index >= 15 is 0 Å². The highest BCUT2D eigenvalue weighted by Crippen LogP contribution is 2.28. The number of thiazole rings is 1. The predicted octanol–water partition coefficient (Wildman–Crippen LogP) is 4.91. The number of thioether (sulfide) groups is 1. The zero-order chi connectivity index (χ0) is 15.4. The van der Waals surface area contributed by atoms with Crippen molar-refractivity contribution in [3.05, 3.63) is 52.7 Å². The molecule has 3 rings (SSSR count). The Bertz CT molecular complexity index is 748. The highest BCUT2D eigenvalue weighted by atomic mass is 32.2. The van der Waals surface area contributed by atoms with Gasteiger partial charge in [0.15, 0.2) is 5.13 Å². The van der Waals surface area contributed by atoms with Crippen LogP contribution < -0.4 is 5.32 Å². The number of aryl methyl sites for hydroxylation is 1. The first kappa shape index (κ1) is 15.3. The number of benzene rings is 1. The first-order chi connectivity index (χ1) is 10.7.